The Hall–Kier alpha value is -2.34. The second kappa shape index (κ2) is 4.50. The Balaban J connectivity index is 1.89. The van der Waals surface area contributed by atoms with E-state index in [0.717, 1.165) is 11.0 Å². The summed E-state index contributed by atoms with van der Waals surface area (Å²) in [5, 5.41) is 4.48. The summed E-state index contributed by atoms with van der Waals surface area (Å²) in [6.45, 7) is 0. The first-order valence-electron chi connectivity index (χ1n) is 5.23. The van der Waals surface area contributed by atoms with E-state index in [1.807, 2.05) is 6.07 Å². The van der Waals surface area contributed by atoms with Gasteiger partial charge in [0.15, 0.2) is 0 Å². The van der Waals surface area contributed by atoms with Crippen LogP contribution in [0.4, 0.5) is 5.69 Å². The van der Waals surface area contributed by atoms with E-state index < -0.39 is 0 Å². The van der Waals surface area contributed by atoms with Crippen LogP contribution in [0.3, 0.4) is 0 Å². The minimum Gasteiger partial charge on any atom is -0.321 e. The average Bonchev–Trinajstić information content (AvgIpc) is 2.92. The Bertz CT molecular complexity index is 696. The number of carbonyl (C=O) groups is 1. The predicted molar refractivity (Wildman–Crippen MR) is 69.6 cm³/mol. The zero-order valence-corrected chi connectivity index (χ0v) is 10.0. The van der Waals surface area contributed by atoms with Gasteiger partial charge in [-0.1, -0.05) is 0 Å². The Kier molecular flexibility index (Phi) is 2.70. The van der Waals surface area contributed by atoms with Gasteiger partial charge in [-0.2, -0.15) is 0 Å². The van der Waals surface area contributed by atoms with Gasteiger partial charge in [0, 0.05) is 23.5 Å². The van der Waals surface area contributed by atoms with Gasteiger partial charge in [0.1, 0.15) is 5.69 Å². The Morgan fingerprint density at radius 1 is 1.11 bits per heavy atom. The van der Waals surface area contributed by atoms with Gasteiger partial charge in [-0.25, -0.2) is 4.98 Å². The molecule has 0 atom stereocenters. The van der Waals surface area contributed by atoms with Crippen LogP contribution in [0.15, 0.2) is 41.5 Å². The molecule has 0 saturated carbocycles. The first-order chi connectivity index (χ1) is 8.83. The lowest BCUT2D eigenvalue weighted by Gasteiger charge is -2.03. The largest absolute Gasteiger partial charge is 0.321 e. The molecular formula is C12H8N4OS. The minimum absolute atomic E-state index is 0.223. The second-order valence-electron chi connectivity index (χ2n) is 3.59. The summed E-state index contributed by atoms with van der Waals surface area (Å²) in [7, 11) is 0. The van der Waals surface area contributed by atoms with Crippen LogP contribution in [0, 0.1) is 0 Å². The highest BCUT2D eigenvalue weighted by Crippen LogP contribution is 2.15. The lowest BCUT2D eigenvalue weighted by atomic mass is 10.2. The van der Waals surface area contributed by atoms with Gasteiger partial charge in [0.05, 0.1) is 16.5 Å². The molecule has 0 radical (unpaired) electrons. The number of hydrogen-bond donors (Lipinski definition) is 1. The van der Waals surface area contributed by atoms with Gasteiger partial charge in [-0.3, -0.25) is 14.8 Å². The predicted octanol–water partition coefficient (Wildman–Crippen LogP) is 2.34. The molecule has 1 N–H and O–H groups in total. The molecule has 0 unspecified atom stereocenters. The van der Waals surface area contributed by atoms with Crippen molar-refractivity contribution in [2.24, 2.45) is 0 Å². The van der Waals surface area contributed by atoms with Crippen LogP contribution in [-0.4, -0.2) is 20.9 Å². The molecule has 2 aromatic heterocycles. The highest BCUT2D eigenvalue weighted by Gasteiger charge is 2.08. The summed E-state index contributed by atoms with van der Waals surface area (Å²) in [6.07, 6.45) is 3.25. The molecule has 0 saturated heterocycles. The third kappa shape index (κ3) is 2.05. The van der Waals surface area contributed by atoms with Gasteiger partial charge in [-0.15, -0.1) is 11.3 Å². The zero-order chi connectivity index (χ0) is 12.4. The summed E-state index contributed by atoms with van der Waals surface area (Å²) in [5.41, 5.74) is 4.26. The summed E-state index contributed by atoms with van der Waals surface area (Å²) >= 11 is 1.39. The van der Waals surface area contributed by atoms with Crippen molar-refractivity contribution in [2.45, 2.75) is 0 Å². The van der Waals surface area contributed by atoms with Gasteiger partial charge in [0.25, 0.3) is 5.91 Å². The Labute approximate surface area is 107 Å². The molecule has 0 fully saturated rings. The maximum atomic E-state index is 11.8. The van der Waals surface area contributed by atoms with Gasteiger partial charge in [0.2, 0.25) is 0 Å². The van der Waals surface area contributed by atoms with Crippen LogP contribution in [0.25, 0.3) is 11.0 Å². The van der Waals surface area contributed by atoms with Crippen molar-refractivity contribution in [3.63, 3.8) is 0 Å². The maximum Gasteiger partial charge on any atom is 0.275 e. The number of carbonyl (C=O) groups excluding carboxylic acids is 1. The summed E-state index contributed by atoms with van der Waals surface area (Å²) in [4.78, 5) is 24.1. The minimum atomic E-state index is -0.223. The van der Waals surface area contributed by atoms with Crippen molar-refractivity contribution in [3.05, 3.63) is 47.2 Å². The smallest absolute Gasteiger partial charge is 0.275 e. The number of thiazole rings is 1. The molecule has 2 heterocycles. The van der Waals surface area contributed by atoms with Crippen molar-refractivity contribution in [2.75, 3.05) is 5.32 Å². The van der Waals surface area contributed by atoms with Gasteiger partial charge in [-0.05, 0) is 18.2 Å². The first kappa shape index (κ1) is 10.8. The maximum absolute atomic E-state index is 11.8. The number of nitrogens with one attached hydrogen (secondary N) is 1. The number of nitrogens with zero attached hydrogens (tertiary/aromatic N) is 3. The molecule has 0 aliphatic heterocycles. The fraction of sp³-hybridized carbons (Fsp3) is 0. The summed E-state index contributed by atoms with van der Waals surface area (Å²) in [5.74, 6) is -0.223. The van der Waals surface area contributed by atoms with Crippen LogP contribution in [0.5, 0.6) is 0 Å². The quantitative estimate of drug-likeness (QED) is 0.764. The molecule has 6 heteroatoms. The van der Waals surface area contributed by atoms with Crippen molar-refractivity contribution < 1.29 is 4.79 Å². The lowest BCUT2D eigenvalue weighted by molar-refractivity contribution is 0.102. The number of fused-ring (bicyclic) bond motifs is 1. The van der Waals surface area contributed by atoms with E-state index in [-0.39, 0.29) is 5.91 Å². The fourth-order valence-electron chi connectivity index (χ4n) is 1.56. The Morgan fingerprint density at radius 2 is 1.94 bits per heavy atom. The van der Waals surface area contributed by atoms with Crippen LogP contribution < -0.4 is 5.32 Å². The molecule has 0 bridgehead atoms. The number of rotatable bonds is 2. The van der Waals surface area contributed by atoms with E-state index in [9.17, 15) is 4.79 Å². The number of benzene rings is 1. The van der Waals surface area contributed by atoms with Crippen molar-refractivity contribution >= 4 is 34.0 Å². The van der Waals surface area contributed by atoms with E-state index in [1.54, 1.807) is 35.4 Å². The van der Waals surface area contributed by atoms with Crippen LogP contribution in [0.2, 0.25) is 0 Å². The van der Waals surface area contributed by atoms with Gasteiger partial charge >= 0.3 is 0 Å². The molecule has 0 aliphatic rings. The normalized spacial score (nSPS) is 10.4. The molecule has 0 spiro atoms. The number of hydrogen-bond acceptors (Lipinski definition) is 5. The van der Waals surface area contributed by atoms with Crippen molar-refractivity contribution in [1.82, 2.24) is 15.0 Å². The number of amides is 1. The Morgan fingerprint density at radius 3 is 2.72 bits per heavy atom. The molecule has 1 aromatic carbocycles. The SMILES string of the molecule is O=C(Nc1ccc2nccnc2c1)c1cscn1. The van der Waals surface area contributed by atoms with E-state index >= 15 is 0 Å². The lowest BCUT2D eigenvalue weighted by Crippen LogP contribution is -2.12. The molecule has 1 amide bonds. The molecule has 3 rings (SSSR count). The van der Waals surface area contributed by atoms with E-state index in [4.69, 9.17) is 0 Å². The summed E-state index contributed by atoms with van der Waals surface area (Å²) in [6, 6.07) is 5.40. The van der Waals surface area contributed by atoms with Crippen LogP contribution in [-0.2, 0) is 0 Å². The van der Waals surface area contributed by atoms with Crippen molar-refractivity contribution in [1.29, 1.82) is 0 Å². The zero-order valence-electron chi connectivity index (χ0n) is 9.20. The molecule has 18 heavy (non-hydrogen) atoms. The monoisotopic (exact) mass is 256 g/mol. The van der Waals surface area contributed by atoms with Gasteiger partial charge < -0.3 is 5.32 Å². The van der Waals surface area contributed by atoms with Crippen LogP contribution >= 0.6 is 11.3 Å². The third-order valence-electron chi connectivity index (χ3n) is 2.39. The fourth-order valence-corrected chi connectivity index (χ4v) is 2.09. The number of anilines is 1. The third-order valence-corrected chi connectivity index (χ3v) is 2.98. The van der Waals surface area contributed by atoms with E-state index in [2.05, 4.69) is 20.3 Å². The molecule has 3 aromatic rings. The highest BCUT2D eigenvalue weighted by molar-refractivity contribution is 7.07. The second-order valence-corrected chi connectivity index (χ2v) is 4.31. The molecule has 0 aliphatic carbocycles. The molecule has 88 valence electrons. The standard InChI is InChI=1S/C12H8N4OS/c17-12(11-6-18-7-15-11)16-8-1-2-9-10(5-8)14-4-3-13-9/h1-7H,(H,16,17). The topological polar surface area (TPSA) is 67.8 Å². The highest BCUT2D eigenvalue weighted by atomic mass is 32.1. The molecule has 5 nitrogen and oxygen atoms in total. The van der Waals surface area contributed by atoms with Crippen molar-refractivity contribution in [3.8, 4) is 0 Å². The summed E-state index contributed by atoms with van der Waals surface area (Å²) < 4.78 is 0. The number of aromatic nitrogens is 3. The first-order valence-corrected chi connectivity index (χ1v) is 6.17. The van der Waals surface area contributed by atoms with Crippen LogP contribution in [0.1, 0.15) is 10.5 Å². The van der Waals surface area contributed by atoms with E-state index in [0.29, 0.717) is 11.4 Å². The van der Waals surface area contributed by atoms with E-state index in [1.165, 1.54) is 11.3 Å². The molecular weight excluding hydrogens is 248 g/mol. The average molecular weight is 256 g/mol.